The summed E-state index contributed by atoms with van der Waals surface area (Å²) in [5.74, 6) is -0.402. The van der Waals surface area contributed by atoms with Crippen molar-refractivity contribution in [2.45, 2.75) is 6.54 Å². The van der Waals surface area contributed by atoms with Crippen LogP contribution in [-0.4, -0.2) is 24.9 Å². The molecule has 0 saturated carbocycles. The van der Waals surface area contributed by atoms with Gasteiger partial charge in [-0.3, -0.25) is 4.79 Å². The molecular weight excluding hydrogens is 269 g/mol. The zero-order valence-corrected chi connectivity index (χ0v) is 12.1. The molecule has 4 nitrogen and oxygen atoms in total. The van der Waals surface area contributed by atoms with Crippen LogP contribution in [0.25, 0.3) is 0 Å². The fourth-order valence-corrected chi connectivity index (χ4v) is 2.06. The van der Waals surface area contributed by atoms with Gasteiger partial charge < -0.3 is 16.0 Å². The SMILES string of the molecule is CNc1cc(C(=O)N(C)Cc2ccc(F)cc2)ccc1N. The Hall–Kier alpha value is -2.56. The zero-order chi connectivity index (χ0) is 15.4. The first-order chi connectivity index (χ1) is 10.0. The number of carbonyl (C=O) groups excluding carboxylic acids is 1. The van der Waals surface area contributed by atoms with E-state index in [9.17, 15) is 9.18 Å². The third-order valence-electron chi connectivity index (χ3n) is 3.25. The van der Waals surface area contributed by atoms with Gasteiger partial charge in [0.25, 0.3) is 5.91 Å². The highest BCUT2D eigenvalue weighted by molar-refractivity contribution is 5.96. The molecule has 0 atom stereocenters. The molecule has 110 valence electrons. The largest absolute Gasteiger partial charge is 0.397 e. The molecule has 0 spiro atoms. The highest BCUT2D eigenvalue weighted by Gasteiger charge is 2.13. The molecule has 0 saturated heterocycles. The number of nitrogens with one attached hydrogen (secondary N) is 1. The van der Waals surface area contributed by atoms with Crippen molar-refractivity contribution in [2.75, 3.05) is 25.1 Å². The van der Waals surface area contributed by atoms with Crippen molar-refractivity contribution in [1.29, 1.82) is 0 Å². The minimum atomic E-state index is -0.287. The Kier molecular flexibility index (Phi) is 4.42. The van der Waals surface area contributed by atoms with Crippen molar-refractivity contribution >= 4 is 17.3 Å². The lowest BCUT2D eigenvalue weighted by Crippen LogP contribution is -2.26. The van der Waals surface area contributed by atoms with Gasteiger partial charge in [-0.15, -0.1) is 0 Å². The average Bonchev–Trinajstić information content (AvgIpc) is 2.49. The maximum Gasteiger partial charge on any atom is 0.253 e. The van der Waals surface area contributed by atoms with E-state index in [1.807, 2.05) is 0 Å². The monoisotopic (exact) mass is 287 g/mol. The number of carbonyl (C=O) groups is 1. The van der Waals surface area contributed by atoms with Gasteiger partial charge in [0.1, 0.15) is 5.82 Å². The van der Waals surface area contributed by atoms with Crippen LogP contribution in [0.2, 0.25) is 0 Å². The Bertz CT molecular complexity index is 640. The minimum Gasteiger partial charge on any atom is -0.397 e. The van der Waals surface area contributed by atoms with Crippen molar-refractivity contribution in [2.24, 2.45) is 0 Å². The van der Waals surface area contributed by atoms with Crippen LogP contribution in [0.4, 0.5) is 15.8 Å². The molecule has 2 rings (SSSR count). The lowest BCUT2D eigenvalue weighted by Gasteiger charge is -2.18. The smallest absolute Gasteiger partial charge is 0.253 e. The van der Waals surface area contributed by atoms with Crippen LogP contribution < -0.4 is 11.1 Å². The van der Waals surface area contributed by atoms with Crippen LogP contribution in [0.15, 0.2) is 42.5 Å². The number of nitrogens with two attached hydrogens (primary N) is 1. The van der Waals surface area contributed by atoms with Crippen molar-refractivity contribution in [3.05, 3.63) is 59.4 Å². The summed E-state index contributed by atoms with van der Waals surface area (Å²) in [6.07, 6.45) is 0. The van der Waals surface area contributed by atoms with E-state index in [-0.39, 0.29) is 11.7 Å². The minimum absolute atomic E-state index is 0.115. The molecular formula is C16H18FN3O. The van der Waals surface area contributed by atoms with Crippen molar-refractivity contribution < 1.29 is 9.18 Å². The predicted octanol–water partition coefficient (Wildman–Crippen LogP) is 2.72. The summed E-state index contributed by atoms with van der Waals surface area (Å²) in [4.78, 5) is 14.0. The van der Waals surface area contributed by atoms with Crippen LogP contribution in [0.5, 0.6) is 0 Å². The second kappa shape index (κ2) is 6.26. The summed E-state index contributed by atoms with van der Waals surface area (Å²) in [7, 11) is 3.46. The van der Waals surface area contributed by atoms with Crippen LogP contribution >= 0.6 is 0 Å². The molecule has 1 amide bonds. The Morgan fingerprint density at radius 1 is 1.24 bits per heavy atom. The molecule has 5 heteroatoms. The molecule has 0 unspecified atom stereocenters. The number of hydrogen-bond acceptors (Lipinski definition) is 3. The molecule has 0 aromatic heterocycles. The quantitative estimate of drug-likeness (QED) is 0.850. The highest BCUT2D eigenvalue weighted by Crippen LogP contribution is 2.20. The van der Waals surface area contributed by atoms with Gasteiger partial charge in [-0.05, 0) is 35.9 Å². The van der Waals surface area contributed by atoms with E-state index in [0.29, 0.717) is 17.8 Å². The lowest BCUT2D eigenvalue weighted by atomic mass is 10.1. The van der Waals surface area contributed by atoms with Gasteiger partial charge in [0.2, 0.25) is 0 Å². The van der Waals surface area contributed by atoms with Gasteiger partial charge in [-0.25, -0.2) is 4.39 Å². The molecule has 0 bridgehead atoms. The molecule has 2 aromatic rings. The van der Waals surface area contributed by atoms with Gasteiger partial charge in [0.15, 0.2) is 0 Å². The topological polar surface area (TPSA) is 58.4 Å². The lowest BCUT2D eigenvalue weighted by molar-refractivity contribution is 0.0785. The standard InChI is InChI=1S/C16H18FN3O/c1-19-15-9-12(5-8-14(15)18)16(21)20(2)10-11-3-6-13(17)7-4-11/h3-9,19H,10,18H2,1-2H3. The molecule has 21 heavy (non-hydrogen) atoms. The number of amides is 1. The molecule has 0 aliphatic carbocycles. The summed E-state index contributed by atoms with van der Waals surface area (Å²) in [5.41, 5.74) is 8.53. The molecule has 0 radical (unpaired) electrons. The number of rotatable bonds is 4. The zero-order valence-electron chi connectivity index (χ0n) is 12.1. The maximum atomic E-state index is 12.9. The van der Waals surface area contributed by atoms with E-state index in [2.05, 4.69) is 5.32 Å². The molecule has 0 aliphatic rings. The first-order valence-corrected chi connectivity index (χ1v) is 6.58. The van der Waals surface area contributed by atoms with Crippen molar-refractivity contribution in [3.8, 4) is 0 Å². The number of anilines is 2. The average molecular weight is 287 g/mol. The third-order valence-corrected chi connectivity index (χ3v) is 3.25. The first kappa shape index (κ1) is 14.8. The summed E-state index contributed by atoms with van der Waals surface area (Å²) >= 11 is 0. The second-order valence-corrected chi connectivity index (χ2v) is 4.84. The van der Waals surface area contributed by atoms with Gasteiger partial charge in [0, 0.05) is 26.2 Å². The van der Waals surface area contributed by atoms with Crippen molar-refractivity contribution in [3.63, 3.8) is 0 Å². The first-order valence-electron chi connectivity index (χ1n) is 6.58. The Labute approximate surface area is 123 Å². The number of nitrogen functional groups attached to an aromatic ring is 1. The molecule has 0 aliphatic heterocycles. The van der Waals surface area contributed by atoms with E-state index >= 15 is 0 Å². The molecule has 0 fully saturated rings. The predicted molar refractivity (Wildman–Crippen MR) is 82.6 cm³/mol. The molecule has 2 aromatic carbocycles. The number of benzene rings is 2. The van der Waals surface area contributed by atoms with Gasteiger partial charge >= 0.3 is 0 Å². The van der Waals surface area contributed by atoms with Gasteiger partial charge in [-0.2, -0.15) is 0 Å². The van der Waals surface area contributed by atoms with Gasteiger partial charge in [0.05, 0.1) is 11.4 Å². The summed E-state index contributed by atoms with van der Waals surface area (Å²) in [6, 6.07) is 11.2. The van der Waals surface area contributed by atoms with Crippen LogP contribution in [0, 0.1) is 5.82 Å². The number of nitrogens with zero attached hydrogens (tertiary/aromatic N) is 1. The Morgan fingerprint density at radius 2 is 1.90 bits per heavy atom. The van der Waals surface area contributed by atoms with Crippen molar-refractivity contribution in [1.82, 2.24) is 4.90 Å². The molecule has 0 heterocycles. The van der Waals surface area contributed by atoms with Gasteiger partial charge in [-0.1, -0.05) is 12.1 Å². The fraction of sp³-hybridized carbons (Fsp3) is 0.188. The Balaban J connectivity index is 2.13. The third kappa shape index (κ3) is 3.51. The van der Waals surface area contributed by atoms with E-state index < -0.39 is 0 Å². The van der Waals surface area contributed by atoms with E-state index in [1.165, 1.54) is 12.1 Å². The number of hydrogen-bond donors (Lipinski definition) is 2. The second-order valence-electron chi connectivity index (χ2n) is 4.84. The summed E-state index contributed by atoms with van der Waals surface area (Å²) in [6.45, 7) is 0.415. The number of halogens is 1. The fourth-order valence-electron chi connectivity index (χ4n) is 2.06. The summed E-state index contributed by atoms with van der Waals surface area (Å²) < 4.78 is 12.9. The van der Waals surface area contributed by atoms with E-state index in [1.54, 1.807) is 49.3 Å². The highest BCUT2D eigenvalue weighted by atomic mass is 19.1. The maximum absolute atomic E-state index is 12.9. The van der Waals surface area contributed by atoms with Crippen LogP contribution in [-0.2, 0) is 6.54 Å². The Morgan fingerprint density at radius 3 is 2.52 bits per heavy atom. The molecule has 3 N–H and O–H groups in total. The normalized spacial score (nSPS) is 10.2. The van der Waals surface area contributed by atoms with Crippen LogP contribution in [0.3, 0.4) is 0 Å². The van der Waals surface area contributed by atoms with Crippen LogP contribution in [0.1, 0.15) is 15.9 Å². The summed E-state index contributed by atoms with van der Waals surface area (Å²) in [5, 5.41) is 2.95. The van der Waals surface area contributed by atoms with E-state index in [4.69, 9.17) is 5.73 Å². The van der Waals surface area contributed by atoms with E-state index in [0.717, 1.165) is 11.3 Å².